The molecule has 96 valence electrons. The Kier molecular flexibility index (Phi) is 6.67. The summed E-state index contributed by atoms with van der Waals surface area (Å²) in [5.41, 5.74) is 1.34. The third-order valence-electron chi connectivity index (χ3n) is 2.60. The topological polar surface area (TPSA) is 33.3 Å². The van der Waals surface area contributed by atoms with Crippen LogP contribution in [0.3, 0.4) is 0 Å². The number of nitrogens with one attached hydrogen (secondary N) is 2. The molecule has 0 bridgehead atoms. The molecule has 1 aromatic carbocycles. The van der Waals surface area contributed by atoms with Gasteiger partial charge in [-0.15, -0.1) is 0 Å². The Morgan fingerprint density at radius 1 is 1.06 bits per heavy atom. The lowest BCUT2D eigenvalue weighted by Crippen LogP contribution is -2.32. The molecule has 17 heavy (non-hydrogen) atoms. The Balaban J connectivity index is 2.09. The fourth-order valence-electron chi connectivity index (χ4n) is 1.60. The molecule has 0 aromatic heterocycles. The fourth-order valence-corrected chi connectivity index (χ4v) is 1.60. The Labute approximate surface area is 105 Å². The molecule has 0 heterocycles. The van der Waals surface area contributed by atoms with Crippen LogP contribution in [-0.2, 0) is 6.42 Å². The highest BCUT2D eigenvalue weighted by atomic mass is 16.5. The number of rotatable bonds is 8. The zero-order chi connectivity index (χ0) is 12.5. The van der Waals surface area contributed by atoms with E-state index in [-0.39, 0.29) is 0 Å². The number of benzene rings is 1. The van der Waals surface area contributed by atoms with Crippen LogP contribution in [0.15, 0.2) is 24.3 Å². The van der Waals surface area contributed by atoms with E-state index < -0.39 is 0 Å². The Morgan fingerprint density at radius 3 is 2.35 bits per heavy atom. The maximum absolute atomic E-state index is 5.13. The van der Waals surface area contributed by atoms with Gasteiger partial charge in [-0.2, -0.15) is 0 Å². The molecule has 0 aliphatic carbocycles. The van der Waals surface area contributed by atoms with Gasteiger partial charge in [-0.1, -0.05) is 26.0 Å². The molecule has 0 amide bonds. The Hall–Kier alpha value is -1.06. The van der Waals surface area contributed by atoms with Crippen molar-refractivity contribution in [3.8, 4) is 5.75 Å². The molecule has 0 saturated heterocycles. The van der Waals surface area contributed by atoms with Crippen molar-refractivity contribution >= 4 is 0 Å². The quantitative estimate of drug-likeness (QED) is 0.676. The lowest BCUT2D eigenvalue weighted by atomic mass is 10.1. The van der Waals surface area contributed by atoms with Crippen molar-refractivity contribution in [3.63, 3.8) is 0 Å². The lowest BCUT2D eigenvalue weighted by molar-refractivity contribution is 0.414. The van der Waals surface area contributed by atoms with E-state index in [9.17, 15) is 0 Å². The van der Waals surface area contributed by atoms with Crippen molar-refractivity contribution in [2.75, 3.05) is 26.7 Å². The number of methoxy groups -OCH3 is 1. The molecule has 2 N–H and O–H groups in total. The summed E-state index contributed by atoms with van der Waals surface area (Å²) in [6.45, 7) is 7.40. The first-order valence-electron chi connectivity index (χ1n) is 6.29. The van der Waals surface area contributed by atoms with Gasteiger partial charge in [0, 0.05) is 19.1 Å². The van der Waals surface area contributed by atoms with Gasteiger partial charge in [0.15, 0.2) is 0 Å². The van der Waals surface area contributed by atoms with Crippen LogP contribution < -0.4 is 15.4 Å². The molecule has 0 spiro atoms. The van der Waals surface area contributed by atoms with Gasteiger partial charge in [-0.05, 0) is 30.7 Å². The van der Waals surface area contributed by atoms with E-state index in [0.29, 0.717) is 6.04 Å². The van der Waals surface area contributed by atoms with E-state index in [2.05, 4.69) is 36.6 Å². The molecular formula is C14H24N2O. The predicted octanol–water partition coefficient (Wildman–Crippen LogP) is 1.83. The highest BCUT2D eigenvalue weighted by molar-refractivity contribution is 5.27. The zero-order valence-electron chi connectivity index (χ0n) is 11.1. The van der Waals surface area contributed by atoms with Crippen LogP contribution in [0.2, 0.25) is 0 Å². The van der Waals surface area contributed by atoms with Crippen molar-refractivity contribution in [1.29, 1.82) is 0 Å². The summed E-state index contributed by atoms with van der Waals surface area (Å²) < 4.78 is 5.13. The average molecular weight is 236 g/mol. The van der Waals surface area contributed by atoms with Crippen LogP contribution in [0, 0.1) is 0 Å². The summed E-state index contributed by atoms with van der Waals surface area (Å²) in [4.78, 5) is 0. The highest BCUT2D eigenvalue weighted by Gasteiger charge is 1.95. The first kappa shape index (κ1) is 14.0. The Morgan fingerprint density at radius 2 is 1.76 bits per heavy atom. The maximum atomic E-state index is 5.13. The summed E-state index contributed by atoms with van der Waals surface area (Å²) in [5.74, 6) is 0.919. The van der Waals surface area contributed by atoms with Crippen LogP contribution in [-0.4, -0.2) is 32.8 Å². The van der Waals surface area contributed by atoms with Crippen molar-refractivity contribution in [2.24, 2.45) is 0 Å². The number of hydrogen-bond acceptors (Lipinski definition) is 3. The summed E-state index contributed by atoms with van der Waals surface area (Å²) in [6.07, 6.45) is 1.06. The molecule has 0 unspecified atom stereocenters. The number of hydrogen-bond donors (Lipinski definition) is 2. The molecule has 0 saturated carbocycles. The van der Waals surface area contributed by atoms with Gasteiger partial charge in [-0.3, -0.25) is 0 Å². The van der Waals surface area contributed by atoms with Gasteiger partial charge >= 0.3 is 0 Å². The van der Waals surface area contributed by atoms with Gasteiger partial charge in [0.25, 0.3) is 0 Å². The summed E-state index contributed by atoms with van der Waals surface area (Å²) >= 11 is 0. The van der Waals surface area contributed by atoms with E-state index >= 15 is 0 Å². The molecule has 0 radical (unpaired) electrons. The summed E-state index contributed by atoms with van der Waals surface area (Å²) in [5, 5.41) is 6.80. The van der Waals surface area contributed by atoms with Gasteiger partial charge in [0.2, 0.25) is 0 Å². The molecule has 3 heteroatoms. The van der Waals surface area contributed by atoms with E-state index in [1.165, 1.54) is 5.56 Å². The third kappa shape index (κ3) is 6.29. The van der Waals surface area contributed by atoms with Crippen molar-refractivity contribution < 1.29 is 4.74 Å². The SMILES string of the molecule is COc1ccc(CCNCCNC(C)C)cc1. The largest absolute Gasteiger partial charge is 0.497 e. The first-order chi connectivity index (χ1) is 8.22. The minimum absolute atomic E-state index is 0.568. The minimum Gasteiger partial charge on any atom is -0.497 e. The van der Waals surface area contributed by atoms with Crippen LogP contribution in [0.4, 0.5) is 0 Å². The minimum atomic E-state index is 0.568. The summed E-state index contributed by atoms with van der Waals surface area (Å²) in [7, 11) is 1.69. The standard InChI is InChI=1S/C14H24N2O/c1-12(2)16-11-10-15-9-8-13-4-6-14(17-3)7-5-13/h4-7,12,15-16H,8-11H2,1-3H3. The average Bonchev–Trinajstić information content (AvgIpc) is 2.34. The van der Waals surface area contributed by atoms with Gasteiger partial charge < -0.3 is 15.4 Å². The molecule has 0 fully saturated rings. The summed E-state index contributed by atoms with van der Waals surface area (Å²) in [6, 6.07) is 8.82. The predicted molar refractivity (Wildman–Crippen MR) is 72.7 cm³/mol. The molecule has 1 aromatic rings. The van der Waals surface area contributed by atoms with Crippen molar-refractivity contribution in [1.82, 2.24) is 10.6 Å². The fraction of sp³-hybridized carbons (Fsp3) is 0.571. The van der Waals surface area contributed by atoms with Crippen LogP contribution in [0.25, 0.3) is 0 Å². The second-order valence-corrected chi connectivity index (χ2v) is 4.46. The van der Waals surface area contributed by atoms with Crippen LogP contribution in [0.5, 0.6) is 5.75 Å². The van der Waals surface area contributed by atoms with E-state index in [0.717, 1.165) is 31.8 Å². The first-order valence-corrected chi connectivity index (χ1v) is 6.29. The van der Waals surface area contributed by atoms with Crippen molar-refractivity contribution in [3.05, 3.63) is 29.8 Å². The van der Waals surface area contributed by atoms with E-state index in [1.54, 1.807) is 7.11 Å². The lowest BCUT2D eigenvalue weighted by Gasteiger charge is -2.09. The normalized spacial score (nSPS) is 10.8. The molecule has 0 aliphatic rings. The monoisotopic (exact) mass is 236 g/mol. The second kappa shape index (κ2) is 8.09. The van der Waals surface area contributed by atoms with Gasteiger partial charge in [0.1, 0.15) is 5.75 Å². The van der Waals surface area contributed by atoms with Crippen molar-refractivity contribution in [2.45, 2.75) is 26.3 Å². The molecule has 0 atom stereocenters. The third-order valence-corrected chi connectivity index (χ3v) is 2.60. The molecule has 3 nitrogen and oxygen atoms in total. The van der Waals surface area contributed by atoms with Crippen LogP contribution in [0.1, 0.15) is 19.4 Å². The zero-order valence-corrected chi connectivity index (χ0v) is 11.1. The Bertz CT molecular complexity index is 296. The molecular weight excluding hydrogens is 212 g/mol. The van der Waals surface area contributed by atoms with E-state index in [1.807, 2.05) is 12.1 Å². The number of ether oxygens (including phenoxy) is 1. The van der Waals surface area contributed by atoms with Crippen LogP contribution >= 0.6 is 0 Å². The second-order valence-electron chi connectivity index (χ2n) is 4.46. The molecule has 0 aliphatic heterocycles. The maximum Gasteiger partial charge on any atom is 0.118 e. The highest BCUT2D eigenvalue weighted by Crippen LogP contribution is 2.11. The van der Waals surface area contributed by atoms with E-state index in [4.69, 9.17) is 4.74 Å². The van der Waals surface area contributed by atoms with Gasteiger partial charge in [0.05, 0.1) is 7.11 Å². The molecule has 1 rings (SSSR count). The van der Waals surface area contributed by atoms with Gasteiger partial charge in [-0.25, -0.2) is 0 Å². The smallest absolute Gasteiger partial charge is 0.118 e.